The number of hydrogen-bond donors (Lipinski definition) is 3. The second-order valence-electron chi connectivity index (χ2n) is 6.67. The number of anilines is 1. The number of halogens is 1. The van der Waals surface area contributed by atoms with Crippen LogP contribution in [0.1, 0.15) is 36.0 Å². The Morgan fingerprint density at radius 1 is 1.36 bits per heavy atom. The largest absolute Gasteiger partial charge is 0.496 e. The monoisotopic (exact) mass is 367 g/mol. The van der Waals surface area contributed by atoms with Gasteiger partial charge >= 0.3 is 5.97 Å². The fourth-order valence-electron chi connectivity index (χ4n) is 3.98. The Balaban J connectivity index is 1.69. The summed E-state index contributed by atoms with van der Waals surface area (Å²) in [5, 5.41) is 12.4. The molecule has 2 aliphatic heterocycles. The second-order valence-corrected chi connectivity index (χ2v) is 7.07. The van der Waals surface area contributed by atoms with Crippen molar-refractivity contribution in [2.75, 3.05) is 19.4 Å². The molecule has 2 saturated heterocycles. The fraction of sp³-hybridized carbons (Fsp3) is 0.529. The van der Waals surface area contributed by atoms with Gasteiger partial charge in [0.25, 0.3) is 5.91 Å². The third-order valence-corrected chi connectivity index (χ3v) is 5.43. The summed E-state index contributed by atoms with van der Waals surface area (Å²) >= 11 is 6.03. The zero-order valence-corrected chi connectivity index (χ0v) is 14.8. The van der Waals surface area contributed by atoms with Crippen molar-refractivity contribution in [2.45, 2.75) is 43.8 Å². The zero-order valence-electron chi connectivity index (χ0n) is 14.0. The topological polar surface area (TPSA) is 105 Å². The molecular weight excluding hydrogens is 346 g/mol. The maximum atomic E-state index is 12.7. The van der Waals surface area contributed by atoms with Crippen LogP contribution in [-0.2, 0) is 4.79 Å². The molecule has 1 amide bonds. The van der Waals surface area contributed by atoms with E-state index in [-0.39, 0.29) is 30.6 Å². The molecule has 0 saturated carbocycles. The van der Waals surface area contributed by atoms with E-state index >= 15 is 0 Å². The molecule has 0 spiro atoms. The Morgan fingerprint density at radius 3 is 2.56 bits per heavy atom. The number of benzene rings is 1. The smallest absolute Gasteiger partial charge is 0.317 e. The molecule has 4 N–H and O–H groups in total. The molecule has 0 aromatic heterocycles. The number of nitrogens with one attached hydrogen (secondary N) is 1. The van der Waals surface area contributed by atoms with Crippen molar-refractivity contribution >= 4 is 29.2 Å². The molecule has 25 heavy (non-hydrogen) atoms. The summed E-state index contributed by atoms with van der Waals surface area (Å²) in [6, 6.07) is 3.47. The number of amides is 1. The van der Waals surface area contributed by atoms with Crippen LogP contribution in [0.3, 0.4) is 0 Å². The molecule has 0 aliphatic carbocycles. The number of piperidine rings is 1. The standard InChI is InChI=1S/C17H22ClN3O4/c1-25-15-7-14(19)13(18)6-12(15)17(24)20-9-4-10-2-3-11(5-9)21(10)8-16(22)23/h6-7,9-11H,2-5,8,19H2,1H3,(H,20,24)(H,22,23)/t9?,10-,11+. The highest BCUT2D eigenvalue weighted by atomic mass is 35.5. The third-order valence-electron chi connectivity index (χ3n) is 5.10. The average Bonchev–Trinajstić information content (AvgIpc) is 2.79. The Bertz CT molecular complexity index is 683. The number of nitrogens with two attached hydrogens (primary N) is 1. The van der Waals surface area contributed by atoms with Gasteiger partial charge in [0, 0.05) is 24.2 Å². The van der Waals surface area contributed by atoms with Crippen LogP contribution in [0.25, 0.3) is 0 Å². The quantitative estimate of drug-likeness (QED) is 0.685. The lowest BCUT2D eigenvalue weighted by atomic mass is 9.97. The molecule has 7 nitrogen and oxygen atoms in total. The number of hydrogen-bond acceptors (Lipinski definition) is 5. The molecule has 2 heterocycles. The number of rotatable bonds is 5. The predicted octanol–water partition coefficient (Wildman–Crippen LogP) is 1.74. The molecule has 3 rings (SSSR count). The lowest BCUT2D eigenvalue weighted by Gasteiger charge is -2.38. The first kappa shape index (κ1) is 17.8. The van der Waals surface area contributed by atoms with Crippen molar-refractivity contribution in [3.63, 3.8) is 0 Å². The number of carbonyl (C=O) groups excluding carboxylic acids is 1. The van der Waals surface area contributed by atoms with Crippen LogP contribution in [0.4, 0.5) is 5.69 Å². The van der Waals surface area contributed by atoms with E-state index in [2.05, 4.69) is 5.32 Å². The summed E-state index contributed by atoms with van der Waals surface area (Å²) in [5.74, 6) is -0.679. The molecule has 2 bridgehead atoms. The molecule has 2 fully saturated rings. The van der Waals surface area contributed by atoms with Crippen LogP contribution in [-0.4, -0.2) is 53.7 Å². The molecule has 2 aliphatic rings. The minimum Gasteiger partial charge on any atom is -0.496 e. The summed E-state index contributed by atoms with van der Waals surface area (Å²) in [5.41, 5.74) is 6.46. The minimum absolute atomic E-state index is 0.0103. The van der Waals surface area contributed by atoms with Crippen molar-refractivity contribution in [1.29, 1.82) is 0 Å². The lowest BCUT2D eigenvalue weighted by Crippen LogP contribution is -2.51. The molecule has 1 unspecified atom stereocenters. The van der Waals surface area contributed by atoms with E-state index < -0.39 is 5.97 Å². The summed E-state index contributed by atoms with van der Waals surface area (Å²) in [6.07, 6.45) is 3.45. The van der Waals surface area contributed by atoms with Gasteiger partial charge in [-0.05, 0) is 31.7 Å². The SMILES string of the molecule is COc1cc(N)c(Cl)cc1C(=O)NC1C[C@H]2CC[C@@H](C1)N2CC(=O)O. The predicted molar refractivity (Wildman–Crippen MR) is 94.1 cm³/mol. The first-order chi connectivity index (χ1) is 11.9. The van der Waals surface area contributed by atoms with Gasteiger partial charge in [0.2, 0.25) is 0 Å². The van der Waals surface area contributed by atoms with Crippen LogP contribution >= 0.6 is 11.6 Å². The number of aliphatic carboxylic acids is 1. The van der Waals surface area contributed by atoms with Crippen LogP contribution in [0.15, 0.2) is 12.1 Å². The first-order valence-electron chi connectivity index (χ1n) is 8.30. The summed E-state index contributed by atoms with van der Waals surface area (Å²) in [4.78, 5) is 25.7. The Morgan fingerprint density at radius 2 is 2.00 bits per heavy atom. The zero-order chi connectivity index (χ0) is 18.1. The van der Waals surface area contributed by atoms with Gasteiger partial charge < -0.3 is 20.9 Å². The highest BCUT2D eigenvalue weighted by molar-refractivity contribution is 6.33. The summed E-state index contributed by atoms with van der Waals surface area (Å²) in [7, 11) is 1.48. The molecule has 3 atom stereocenters. The number of nitrogens with zero attached hydrogens (tertiary/aromatic N) is 1. The Hall–Kier alpha value is -1.99. The third kappa shape index (κ3) is 3.67. The Labute approximate surface area is 151 Å². The Kier molecular flexibility index (Phi) is 5.06. The van der Waals surface area contributed by atoms with Crippen molar-refractivity contribution in [2.24, 2.45) is 0 Å². The maximum absolute atomic E-state index is 12.7. The van der Waals surface area contributed by atoms with Crippen molar-refractivity contribution in [3.8, 4) is 5.75 Å². The number of carbonyl (C=O) groups is 2. The highest BCUT2D eigenvalue weighted by Gasteiger charge is 2.41. The van der Waals surface area contributed by atoms with Crippen LogP contribution in [0.5, 0.6) is 5.75 Å². The number of fused-ring (bicyclic) bond motifs is 2. The number of ether oxygens (including phenoxy) is 1. The van der Waals surface area contributed by atoms with E-state index in [1.54, 1.807) is 0 Å². The normalized spacial score (nSPS) is 25.6. The van der Waals surface area contributed by atoms with Gasteiger partial charge in [0.05, 0.1) is 29.9 Å². The van der Waals surface area contributed by atoms with Crippen molar-refractivity contribution < 1.29 is 19.4 Å². The van der Waals surface area contributed by atoms with Gasteiger partial charge in [0.1, 0.15) is 5.75 Å². The second kappa shape index (κ2) is 7.09. The van der Waals surface area contributed by atoms with E-state index in [1.807, 2.05) is 4.90 Å². The van der Waals surface area contributed by atoms with Gasteiger partial charge in [-0.15, -0.1) is 0 Å². The number of nitrogen functional groups attached to an aromatic ring is 1. The molecular formula is C17H22ClN3O4. The van der Waals surface area contributed by atoms with Crippen molar-refractivity contribution in [3.05, 3.63) is 22.7 Å². The minimum atomic E-state index is -0.805. The van der Waals surface area contributed by atoms with E-state index in [0.717, 1.165) is 25.7 Å². The van der Waals surface area contributed by atoms with Gasteiger partial charge in [-0.3, -0.25) is 14.5 Å². The molecule has 8 heteroatoms. The van der Waals surface area contributed by atoms with Gasteiger partial charge in [-0.2, -0.15) is 0 Å². The van der Waals surface area contributed by atoms with Crippen LogP contribution in [0.2, 0.25) is 5.02 Å². The number of methoxy groups -OCH3 is 1. The fourth-order valence-corrected chi connectivity index (χ4v) is 4.15. The van der Waals surface area contributed by atoms with Crippen LogP contribution < -0.4 is 15.8 Å². The van der Waals surface area contributed by atoms with E-state index in [9.17, 15) is 9.59 Å². The molecule has 136 valence electrons. The number of carboxylic acid groups (broad SMARTS) is 1. The van der Waals surface area contributed by atoms with Gasteiger partial charge in [-0.25, -0.2) is 0 Å². The van der Waals surface area contributed by atoms with E-state index in [1.165, 1.54) is 19.2 Å². The van der Waals surface area contributed by atoms with E-state index in [0.29, 0.717) is 22.0 Å². The first-order valence-corrected chi connectivity index (χ1v) is 8.68. The van der Waals surface area contributed by atoms with E-state index in [4.69, 9.17) is 27.2 Å². The summed E-state index contributed by atoms with van der Waals surface area (Å²) in [6.45, 7) is 0.0669. The maximum Gasteiger partial charge on any atom is 0.317 e. The molecule has 1 aromatic carbocycles. The van der Waals surface area contributed by atoms with Crippen LogP contribution in [0, 0.1) is 0 Å². The molecule has 0 radical (unpaired) electrons. The average molecular weight is 368 g/mol. The molecule has 1 aromatic rings. The lowest BCUT2D eigenvalue weighted by molar-refractivity contribution is -0.139. The summed E-state index contributed by atoms with van der Waals surface area (Å²) < 4.78 is 5.23. The van der Waals surface area contributed by atoms with Gasteiger partial charge in [-0.1, -0.05) is 11.6 Å². The number of carboxylic acids is 1. The van der Waals surface area contributed by atoms with Crippen molar-refractivity contribution in [1.82, 2.24) is 10.2 Å². The van der Waals surface area contributed by atoms with Gasteiger partial charge in [0.15, 0.2) is 0 Å². The highest BCUT2D eigenvalue weighted by Crippen LogP contribution is 2.36.